The second-order valence-corrected chi connectivity index (χ2v) is 10.2. The van der Waals surface area contributed by atoms with E-state index in [1.165, 1.54) is 5.56 Å². The lowest BCUT2D eigenvalue weighted by atomic mass is 9.76. The predicted molar refractivity (Wildman–Crippen MR) is 137 cm³/mol. The third kappa shape index (κ3) is 4.74. The number of carbonyl (C=O) groups is 2. The molecule has 1 aromatic heterocycles. The van der Waals surface area contributed by atoms with E-state index in [1.807, 2.05) is 62.6 Å². The van der Waals surface area contributed by atoms with E-state index in [-0.39, 0.29) is 6.10 Å². The van der Waals surface area contributed by atoms with Crippen LogP contribution in [0.5, 0.6) is 0 Å². The van der Waals surface area contributed by atoms with E-state index in [1.54, 1.807) is 4.68 Å². The van der Waals surface area contributed by atoms with Crippen molar-refractivity contribution in [3.05, 3.63) is 83.0 Å². The first kappa shape index (κ1) is 24.1. The Morgan fingerprint density at radius 2 is 1.67 bits per heavy atom. The summed E-state index contributed by atoms with van der Waals surface area (Å²) in [6.07, 6.45) is 6.56. The molecule has 0 aliphatic heterocycles. The van der Waals surface area contributed by atoms with E-state index >= 15 is 0 Å². The molecule has 2 N–H and O–H groups in total. The lowest BCUT2D eigenvalue weighted by Gasteiger charge is -2.29. The first-order valence-electron chi connectivity index (χ1n) is 12.8. The van der Waals surface area contributed by atoms with E-state index in [0.29, 0.717) is 17.7 Å². The van der Waals surface area contributed by atoms with Crippen molar-refractivity contribution in [2.45, 2.75) is 68.8 Å². The van der Waals surface area contributed by atoms with Gasteiger partial charge in [-0.25, -0.2) is 4.79 Å². The normalized spacial score (nSPS) is 21.4. The molecule has 1 atom stereocenters. The zero-order chi connectivity index (χ0) is 25.3. The summed E-state index contributed by atoms with van der Waals surface area (Å²) in [7, 11) is 1.83. The summed E-state index contributed by atoms with van der Waals surface area (Å²) in [5, 5.41) is 16.9. The molecule has 0 spiro atoms. The van der Waals surface area contributed by atoms with Crippen molar-refractivity contribution in [3.8, 4) is 0 Å². The number of aryl methyl sites for hydroxylation is 1. The average molecular weight is 488 g/mol. The Bertz CT molecular complexity index is 1220. The molecule has 0 radical (unpaired) electrons. The molecule has 36 heavy (non-hydrogen) atoms. The minimum Gasteiger partial charge on any atom is -0.481 e. The van der Waals surface area contributed by atoms with Crippen LogP contribution in [0.25, 0.3) is 0 Å². The van der Waals surface area contributed by atoms with Crippen molar-refractivity contribution in [3.63, 3.8) is 0 Å². The Morgan fingerprint density at radius 3 is 2.28 bits per heavy atom. The Kier molecular flexibility index (Phi) is 6.56. The van der Waals surface area contributed by atoms with Crippen LogP contribution in [0.15, 0.2) is 60.8 Å². The summed E-state index contributed by atoms with van der Waals surface area (Å²) in [6, 6.07) is 17.9. The molecular formula is C29H33N3O4. The van der Waals surface area contributed by atoms with Crippen molar-refractivity contribution in [1.82, 2.24) is 9.78 Å². The maximum Gasteiger partial charge on any atom is 0.413 e. The highest BCUT2D eigenvalue weighted by Gasteiger charge is 2.51. The van der Waals surface area contributed by atoms with Crippen molar-refractivity contribution < 1.29 is 19.4 Å². The van der Waals surface area contributed by atoms with E-state index in [9.17, 15) is 14.7 Å². The maximum absolute atomic E-state index is 12.7. The second-order valence-electron chi connectivity index (χ2n) is 10.2. The number of ether oxygens (including phenoxy) is 1. The van der Waals surface area contributed by atoms with Crippen LogP contribution in [-0.2, 0) is 22.0 Å². The number of amides is 1. The molecule has 2 saturated carbocycles. The van der Waals surface area contributed by atoms with Crippen LogP contribution in [-0.4, -0.2) is 26.9 Å². The first-order valence-corrected chi connectivity index (χ1v) is 12.8. The fraction of sp³-hybridized carbons (Fsp3) is 0.414. The number of aliphatic carboxylic acids is 1. The topological polar surface area (TPSA) is 93.4 Å². The summed E-state index contributed by atoms with van der Waals surface area (Å²) in [5.74, 6) is 0.754. The van der Waals surface area contributed by atoms with Crippen LogP contribution in [0.1, 0.15) is 85.6 Å². The molecule has 7 heteroatoms. The zero-order valence-electron chi connectivity index (χ0n) is 20.8. The Balaban J connectivity index is 1.20. The molecule has 2 aliphatic carbocycles. The smallest absolute Gasteiger partial charge is 0.413 e. The Morgan fingerprint density at radius 1 is 1.03 bits per heavy atom. The SMILES string of the molecule is C[C@@H](OC(=O)Nc1c(C2CCC(c3ccc(C4(C(=O)O)CC4)cc3)CC2)cnn1C)c1ccccc1. The van der Waals surface area contributed by atoms with Gasteiger partial charge in [0.25, 0.3) is 0 Å². The van der Waals surface area contributed by atoms with Gasteiger partial charge in [0.15, 0.2) is 0 Å². The molecule has 1 amide bonds. The molecule has 7 nitrogen and oxygen atoms in total. The molecule has 3 aromatic rings. The lowest BCUT2D eigenvalue weighted by molar-refractivity contribution is -0.140. The van der Waals surface area contributed by atoms with Gasteiger partial charge in [-0.05, 0) is 74.0 Å². The highest BCUT2D eigenvalue weighted by molar-refractivity contribution is 5.85. The number of hydrogen-bond acceptors (Lipinski definition) is 4. The van der Waals surface area contributed by atoms with Gasteiger partial charge in [0, 0.05) is 12.6 Å². The van der Waals surface area contributed by atoms with Crippen molar-refractivity contribution in [1.29, 1.82) is 0 Å². The quantitative estimate of drug-likeness (QED) is 0.409. The predicted octanol–water partition coefficient (Wildman–Crippen LogP) is 6.29. The zero-order valence-corrected chi connectivity index (χ0v) is 20.8. The number of hydrogen-bond donors (Lipinski definition) is 2. The van der Waals surface area contributed by atoms with Gasteiger partial charge in [-0.15, -0.1) is 0 Å². The molecule has 5 rings (SSSR count). The minimum atomic E-state index is -0.713. The van der Waals surface area contributed by atoms with Gasteiger partial charge in [0.05, 0.1) is 11.6 Å². The number of anilines is 1. The fourth-order valence-electron chi connectivity index (χ4n) is 5.55. The molecule has 0 saturated heterocycles. The number of rotatable bonds is 7. The van der Waals surface area contributed by atoms with Crippen molar-refractivity contribution in [2.24, 2.45) is 7.05 Å². The summed E-state index contributed by atoms with van der Waals surface area (Å²) >= 11 is 0. The summed E-state index contributed by atoms with van der Waals surface area (Å²) in [5.41, 5.74) is 3.54. The van der Waals surface area contributed by atoms with Gasteiger partial charge in [0.2, 0.25) is 0 Å². The first-order chi connectivity index (χ1) is 17.4. The minimum absolute atomic E-state index is 0.317. The summed E-state index contributed by atoms with van der Waals surface area (Å²) < 4.78 is 7.31. The van der Waals surface area contributed by atoms with E-state index in [2.05, 4.69) is 22.5 Å². The highest BCUT2D eigenvalue weighted by atomic mass is 16.6. The number of carbonyl (C=O) groups excluding carboxylic acids is 1. The van der Waals surface area contributed by atoms with Crippen LogP contribution in [0.3, 0.4) is 0 Å². The molecule has 188 valence electrons. The standard InChI is InChI=1S/C29H33N3O4/c1-19(20-6-4-3-5-7-20)36-28(35)31-26-25(18-30-32(26)2)23-10-8-21(9-11-23)22-12-14-24(15-13-22)29(16-17-29)27(33)34/h3-7,12-15,18-19,21,23H,8-11,16-17H2,1-2H3,(H,31,35)(H,33,34)/t19-,21?,23?/m1/s1. The van der Waals surface area contributed by atoms with Crippen LogP contribution in [0.4, 0.5) is 10.6 Å². The van der Waals surface area contributed by atoms with Gasteiger partial charge in [-0.1, -0.05) is 54.6 Å². The lowest BCUT2D eigenvalue weighted by Crippen LogP contribution is -2.20. The fourth-order valence-corrected chi connectivity index (χ4v) is 5.55. The number of nitrogens with zero attached hydrogens (tertiary/aromatic N) is 2. The highest BCUT2D eigenvalue weighted by Crippen LogP contribution is 2.49. The van der Waals surface area contributed by atoms with Gasteiger partial charge in [0.1, 0.15) is 11.9 Å². The molecule has 1 heterocycles. The summed E-state index contributed by atoms with van der Waals surface area (Å²) in [4.78, 5) is 24.3. The molecule has 2 aromatic carbocycles. The number of nitrogens with one attached hydrogen (secondary N) is 1. The number of carboxylic acids is 1. The van der Waals surface area contributed by atoms with Crippen LogP contribution < -0.4 is 5.32 Å². The molecule has 2 aliphatic rings. The van der Waals surface area contributed by atoms with Crippen LogP contribution >= 0.6 is 0 Å². The molecule has 0 unspecified atom stereocenters. The third-order valence-electron chi connectivity index (χ3n) is 8.00. The molecule has 2 fully saturated rings. The van der Waals surface area contributed by atoms with E-state index in [0.717, 1.165) is 55.2 Å². The second kappa shape index (κ2) is 9.80. The Labute approximate surface area is 211 Å². The monoisotopic (exact) mass is 487 g/mol. The van der Waals surface area contributed by atoms with Crippen LogP contribution in [0.2, 0.25) is 0 Å². The average Bonchev–Trinajstić information content (AvgIpc) is 3.64. The van der Waals surface area contributed by atoms with Gasteiger partial charge >= 0.3 is 12.1 Å². The van der Waals surface area contributed by atoms with Crippen molar-refractivity contribution in [2.75, 3.05) is 5.32 Å². The van der Waals surface area contributed by atoms with Crippen LogP contribution in [0, 0.1) is 0 Å². The number of carboxylic acid groups (broad SMARTS) is 1. The largest absolute Gasteiger partial charge is 0.481 e. The maximum atomic E-state index is 12.7. The third-order valence-corrected chi connectivity index (χ3v) is 8.00. The number of benzene rings is 2. The molecule has 0 bridgehead atoms. The molecular weight excluding hydrogens is 454 g/mol. The summed E-state index contributed by atoms with van der Waals surface area (Å²) in [6.45, 7) is 1.86. The van der Waals surface area contributed by atoms with Gasteiger partial charge < -0.3 is 9.84 Å². The Hall–Kier alpha value is -3.61. The van der Waals surface area contributed by atoms with Gasteiger partial charge in [-0.2, -0.15) is 5.10 Å². The van der Waals surface area contributed by atoms with Gasteiger partial charge in [-0.3, -0.25) is 14.8 Å². The van der Waals surface area contributed by atoms with Crippen molar-refractivity contribution >= 4 is 17.9 Å². The number of aromatic nitrogens is 2. The van der Waals surface area contributed by atoms with E-state index < -0.39 is 17.5 Å². The van der Waals surface area contributed by atoms with E-state index in [4.69, 9.17) is 4.74 Å².